The summed E-state index contributed by atoms with van der Waals surface area (Å²) in [6.45, 7) is 4.28. The van der Waals surface area contributed by atoms with Crippen LogP contribution in [0.3, 0.4) is 0 Å². The SMILES string of the molecule is Cc1ccc(N=C2S/C(=C\c3ccc4c(c3)OCO4)C(=O)N2c2ccc(C)cc2)cc1. The average molecular weight is 429 g/mol. The number of ether oxygens (including phenoxy) is 2. The Morgan fingerprint density at radius 3 is 2.32 bits per heavy atom. The number of benzene rings is 3. The molecule has 3 aromatic carbocycles. The van der Waals surface area contributed by atoms with Gasteiger partial charge < -0.3 is 9.47 Å². The smallest absolute Gasteiger partial charge is 0.271 e. The molecular formula is C25H20N2O3S. The molecule has 0 atom stereocenters. The van der Waals surface area contributed by atoms with Gasteiger partial charge in [0, 0.05) is 0 Å². The van der Waals surface area contributed by atoms with Crippen LogP contribution < -0.4 is 14.4 Å². The largest absolute Gasteiger partial charge is 0.454 e. The zero-order valence-electron chi connectivity index (χ0n) is 17.2. The minimum Gasteiger partial charge on any atom is -0.454 e. The summed E-state index contributed by atoms with van der Waals surface area (Å²) in [6.07, 6.45) is 1.87. The summed E-state index contributed by atoms with van der Waals surface area (Å²) in [5.74, 6) is 1.31. The molecular weight excluding hydrogens is 408 g/mol. The monoisotopic (exact) mass is 428 g/mol. The molecule has 1 amide bonds. The minimum atomic E-state index is -0.0996. The number of nitrogens with zero attached hydrogens (tertiary/aromatic N) is 2. The van der Waals surface area contributed by atoms with Crippen molar-refractivity contribution in [3.63, 3.8) is 0 Å². The molecule has 0 aliphatic carbocycles. The van der Waals surface area contributed by atoms with Gasteiger partial charge in [-0.25, -0.2) is 4.99 Å². The number of carbonyl (C=O) groups excluding carboxylic acids is 1. The van der Waals surface area contributed by atoms with E-state index >= 15 is 0 Å². The zero-order chi connectivity index (χ0) is 21.4. The molecule has 2 aliphatic rings. The maximum atomic E-state index is 13.4. The summed E-state index contributed by atoms with van der Waals surface area (Å²) < 4.78 is 10.8. The van der Waals surface area contributed by atoms with Gasteiger partial charge in [0.15, 0.2) is 16.7 Å². The van der Waals surface area contributed by atoms with Crippen LogP contribution in [0, 0.1) is 13.8 Å². The molecule has 0 aromatic heterocycles. The molecule has 1 saturated heterocycles. The van der Waals surface area contributed by atoms with Crippen LogP contribution in [0.15, 0.2) is 76.6 Å². The van der Waals surface area contributed by atoms with Gasteiger partial charge >= 0.3 is 0 Å². The van der Waals surface area contributed by atoms with E-state index in [1.807, 2.05) is 86.7 Å². The van der Waals surface area contributed by atoms with Gasteiger partial charge in [0.2, 0.25) is 6.79 Å². The van der Waals surface area contributed by atoms with E-state index in [9.17, 15) is 4.79 Å². The first kappa shape index (κ1) is 19.5. The summed E-state index contributed by atoms with van der Waals surface area (Å²) >= 11 is 1.37. The number of aliphatic imine (C=N–C) groups is 1. The standard InChI is InChI=1S/C25H20N2O3S/c1-16-3-8-19(9-4-16)26-25-27(20-10-5-17(2)6-11-20)24(28)23(31-25)14-18-7-12-21-22(13-18)30-15-29-21/h3-14H,15H2,1-2H3/b23-14-,26-25?. The van der Waals surface area contributed by atoms with Crippen molar-refractivity contribution in [1.82, 2.24) is 0 Å². The molecule has 3 aromatic rings. The van der Waals surface area contributed by atoms with E-state index in [4.69, 9.17) is 14.5 Å². The normalized spacial score (nSPS) is 17.7. The Kier molecular flexibility index (Phi) is 5.00. The van der Waals surface area contributed by atoms with Crippen molar-refractivity contribution < 1.29 is 14.3 Å². The average Bonchev–Trinajstić information content (AvgIpc) is 3.35. The fraction of sp³-hybridized carbons (Fsp3) is 0.120. The van der Waals surface area contributed by atoms with E-state index in [0.717, 1.165) is 33.8 Å². The second kappa shape index (κ2) is 7.96. The molecule has 0 unspecified atom stereocenters. The highest BCUT2D eigenvalue weighted by Crippen LogP contribution is 2.39. The molecule has 0 spiro atoms. The number of anilines is 1. The summed E-state index contributed by atoms with van der Waals surface area (Å²) in [6, 6.07) is 21.5. The van der Waals surface area contributed by atoms with Gasteiger partial charge in [-0.15, -0.1) is 0 Å². The molecule has 1 fully saturated rings. The van der Waals surface area contributed by atoms with Gasteiger partial charge in [-0.2, -0.15) is 0 Å². The second-order valence-corrected chi connectivity index (χ2v) is 8.44. The fourth-order valence-electron chi connectivity index (χ4n) is 3.35. The van der Waals surface area contributed by atoms with E-state index in [1.165, 1.54) is 11.8 Å². The molecule has 0 bridgehead atoms. The Hall–Kier alpha value is -3.51. The fourth-order valence-corrected chi connectivity index (χ4v) is 4.36. The second-order valence-electron chi connectivity index (χ2n) is 7.43. The number of hydrogen-bond donors (Lipinski definition) is 0. The summed E-state index contributed by atoms with van der Waals surface area (Å²) in [5, 5.41) is 0.629. The first-order valence-corrected chi connectivity index (χ1v) is 10.7. The third kappa shape index (κ3) is 3.94. The Balaban J connectivity index is 1.54. The lowest BCUT2D eigenvalue weighted by atomic mass is 10.1. The van der Waals surface area contributed by atoms with Crippen LogP contribution >= 0.6 is 11.8 Å². The van der Waals surface area contributed by atoms with Crippen LogP contribution in [0.4, 0.5) is 11.4 Å². The van der Waals surface area contributed by atoms with E-state index in [1.54, 1.807) is 4.90 Å². The highest BCUT2D eigenvalue weighted by atomic mass is 32.2. The predicted octanol–water partition coefficient (Wildman–Crippen LogP) is 5.84. The molecule has 0 radical (unpaired) electrons. The highest BCUT2D eigenvalue weighted by Gasteiger charge is 2.34. The van der Waals surface area contributed by atoms with E-state index < -0.39 is 0 Å². The Bertz CT molecular complexity index is 1210. The molecule has 2 heterocycles. The van der Waals surface area contributed by atoms with Crippen LogP contribution in [0.25, 0.3) is 6.08 Å². The molecule has 6 heteroatoms. The molecule has 5 nitrogen and oxygen atoms in total. The molecule has 2 aliphatic heterocycles. The van der Waals surface area contributed by atoms with Crippen molar-refractivity contribution in [2.24, 2.45) is 4.99 Å². The summed E-state index contributed by atoms with van der Waals surface area (Å²) in [4.78, 5) is 20.4. The lowest BCUT2D eigenvalue weighted by molar-refractivity contribution is -0.113. The molecule has 5 rings (SSSR count). The number of carbonyl (C=O) groups is 1. The van der Waals surface area contributed by atoms with Gasteiger partial charge in [0.25, 0.3) is 5.91 Å². The van der Waals surface area contributed by atoms with Crippen molar-refractivity contribution >= 4 is 40.3 Å². The van der Waals surface area contributed by atoms with Crippen molar-refractivity contribution in [2.75, 3.05) is 11.7 Å². The number of fused-ring (bicyclic) bond motifs is 1. The maximum absolute atomic E-state index is 13.4. The highest BCUT2D eigenvalue weighted by molar-refractivity contribution is 8.19. The van der Waals surface area contributed by atoms with Crippen LogP contribution in [-0.2, 0) is 4.79 Å². The summed E-state index contributed by atoms with van der Waals surface area (Å²) in [7, 11) is 0. The molecule has 154 valence electrons. The van der Waals surface area contributed by atoms with Crippen molar-refractivity contribution in [3.8, 4) is 11.5 Å². The number of aryl methyl sites for hydroxylation is 2. The van der Waals surface area contributed by atoms with Crippen molar-refractivity contribution in [2.45, 2.75) is 13.8 Å². The van der Waals surface area contributed by atoms with E-state index in [2.05, 4.69) is 0 Å². The maximum Gasteiger partial charge on any atom is 0.271 e. The molecule has 0 N–H and O–H groups in total. The van der Waals surface area contributed by atoms with Crippen LogP contribution in [-0.4, -0.2) is 17.9 Å². The Morgan fingerprint density at radius 1 is 0.903 bits per heavy atom. The Morgan fingerprint density at radius 2 is 1.58 bits per heavy atom. The van der Waals surface area contributed by atoms with Gasteiger partial charge in [-0.3, -0.25) is 9.69 Å². The van der Waals surface area contributed by atoms with E-state index in [-0.39, 0.29) is 12.7 Å². The predicted molar refractivity (Wildman–Crippen MR) is 125 cm³/mol. The van der Waals surface area contributed by atoms with E-state index in [0.29, 0.717) is 15.8 Å². The van der Waals surface area contributed by atoms with Gasteiger partial charge in [-0.1, -0.05) is 41.5 Å². The first-order valence-electron chi connectivity index (χ1n) is 9.92. The number of thioether (sulfide) groups is 1. The molecule has 0 saturated carbocycles. The van der Waals surface area contributed by atoms with Crippen molar-refractivity contribution in [3.05, 3.63) is 88.3 Å². The lowest BCUT2D eigenvalue weighted by Gasteiger charge is -2.16. The molecule has 31 heavy (non-hydrogen) atoms. The van der Waals surface area contributed by atoms with Gasteiger partial charge in [-0.05, 0) is 73.6 Å². The lowest BCUT2D eigenvalue weighted by Crippen LogP contribution is -2.28. The first-order chi connectivity index (χ1) is 15.1. The number of amides is 1. The van der Waals surface area contributed by atoms with Crippen LogP contribution in [0.1, 0.15) is 16.7 Å². The van der Waals surface area contributed by atoms with Gasteiger partial charge in [0.05, 0.1) is 16.3 Å². The minimum absolute atomic E-state index is 0.0996. The summed E-state index contributed by atoms with van der Waals surface area (Å²) in [5.41, 5.74) is 4.78. The quantitative estimate of drug-likeness (QED) is 0.492. The van der Waals surface area contributed by atoms with Crippen LogP contribution in [0.5, 0.6) is 11.5 Å². The number of rotatable bonds is 3. The number of hydrogen-bond acceptors (Lipinski definition) is 5. The Labute approximate surface area is 185 Å². The van der Waals surface area contributed by atoms with Crippen LogP contribution in [0.2, 0.25) is 0 Å². The van der Waals surface area contributed by atoms with Crippen molar-refractivity contribution in [1.29, 1.82) is 0 Å². The third-order valence-electron chi connectivity index (χ3n) is 5.05. The zero-order valence-corrected chi connectivity index (χ0v) is 18.0. The third-order valence-corrected chi connectivity index (χ3v) is 6.02. The topological polar surface area (TPSA) is 51.1 Å². The number of amidine groups is 1. The van der Waals surface area contributed by atoms with Gasteiger partial charge in [0.1, 0.15) is 0 Å².